The molecule has 0 aromatic carbocycles. The minimum Gasteiger partial charge on any atom is -0.383 e. The van der Waals surface area contributed by atoms with Gasteiger partial charge in [-0.3, -0.25) is 0 Å². The predicted molar refractivity (Wildman–Crippen MR) is 38.8 cm³/mol. The normalized spacial score (nSPS) is 13.4. The highest BCUT2D eigenvalue weighted by atomic mass is 19.1. The third kappa shape index (κ3) is 2.01. The minimum atomic E-state index is -0.451. The smallest absolute Gasteiger partial charge is 0.230 e. The lowest BCUT2D eigenvalue weighted by Crippen LogP contribution is -2.08. The van der Waals surface area contributed by atoms with Gasteiger partial charge in [0, 0.05) is 7.11 Å². The molecule has 0 fully saturated rings. The molecule has 0 radical (unpaired) electrons. The molecule has 0 aliphatic carbocycles. The van der Waals surface area contributed by atoms with Crippen molar-refractivity contribution in [1.82, 2.24) is 9.55 Å². The van der Waals surface area contributed by atoms with Crippen molar-refractivity contribution >= 4 is 0 Å². The molecule has 0 aliphatic heterocycles. The molecule has 0 spiro atoms. The molecule has 11 heavy (non-hydrogen) atoms. The molecule has 1 heterocycles. The average molecular weight is 158 g/mol. The van der Waals surface area contributed by atoms with Crippen molar-refractivity contribution in [3.63, 3.8) is 0 Å². The summed E-state index contributed by atoms with van der Waals surface area (Å²) in [5.74, 6) is -0.451. The van der Waals surface area contributed by atoms with Crippen LogP contribution in [-0.2, 0) is 4.74 Å². The number of imidazole rings is 1. The molecule has 62 valence electrons. The summed E-state index contributed by atoms with van der Waals surface area (Å²) < 4.78 is 18.9. The van der Waals surface area contributed by atoms with E-state index in [-0.39, 0.29) is 6.04 Å². The van der Waals surface area contributed by atoms with E-state index in [1.54, 1.807) is 11.7 Å². The monoisotopic (exact) mass is 158 g/mol. The van der Waals surface area contributed by atoms with E-state index >= 15 is 0 Å². The lowest BCUT2D eigenvalue weighted by atomic mass is 10.4. The number of nitrogens with zero attached hydrogens (tertiary/aromatic N) is 2. The van der Waals surface area contributed by atoms with Crippen molar-refractivity contribution in [2.75, 3.05) is 13.7 Å². The van der Waals surface area contributed by atoms with Crippen LogP contribution in [0.4, 0.5) is 4.39 Å². The molecule has 0 N–H and O–H groups in total. The zero-order valence-corrected chi connectivity index (χ0v) is 6.62. The fourth-order valence-corrected chi connectivity index (χ4v) is 0.880. The largest absolute Gasteiger partial charge is 0.383 e. The third-order valence-electron chi connectivity index (χ3n) is 1.49. The van der Waals surface area contributed by atoms with Crippen molar-refractivity contribution in [1.29, 1.82) is 0 Å². The SMILES string of the molecule is COC[C@@H](C)n1cnc(F)c1. The van der Waals surface area contributed by atoms with Crippen LogP contribution in [0.2, 0.25) is 0 Å². The Balaban J connectivity index is 2.60. The standard InChI is InChI=1S/C7H11FN2O/c1-6(4-11-2)10-3-7(8)9-5-10/h3,5-6H,4H2,1-2H3/t6-/m1/s1. The number of hydrogen-bond donors (Lipinski definition) is 0. The Kier molecular flexibility index (Phi) is 2.59. The summed E-state index contributed by atoms with van der Waals surface area (Å²) in [6.45, 7) is 2.50. The molecule has 0 bridgehead atoms. The van der Waals surface area contributed by atoms with Crippen molar-refractivity contribution < 1.29 is 9.13 Å². The minimum absolute atomic E-state index is 0.136. The second kappa shape index (κ2) is 3.48. The number of ether oxygens (including phenoxy) is 1. The molecule has 0 unspecified atom stereocenters. The second-order valence-corrected chi connectivity index (χ2v) is 2.45. The van der Waals surface area contributed by atoms with Gasteiger partial charge in [-0.25, -0.2) is 4.98 Å². The molecule has 4 heteroatoms. The molecule has 3 nitrogen and oxygen atoms in total. The molecule has 0 saturated carbocycles. The number of methoxy groups -OCH3 is 1. The number of halogens is 1. The summed E-state index contributed by atoms with van der Waals surface area (Å²) in [5.41, 5.74) is 0. The zero-order valence-electron chi connectivity index (χ0n) is 6.62. The highest BCUT2D eigenvalue weighted by Gasteiger charge is 2.04. The van der Waals surface area contributed by atoms with Crippen LogP contribution >= 0.6 is 0 Å². The fraction of sp³-hybridized carbons (Fsp3) is 0.571. The summed E-state index contributed by atoms with van der Waals surface area (Å²) in [6.07, 6.45) is 2.81. The number of rotatable bonds is 3. The Bertz CT molecular complexity index is 224. The highest BCUT2D eigenvalue weighted by molar-refractivity contribution is 4.81. The molecule has 1 aromatic heterocycles. The van der Waals surface area contributed by atoms with Crippen LogP contribution in [0.15, 0.2) is 12.5 Å². The van der Waals surface area contributed by atoms with Gasteiger partial charge in [0.05, 0.1) is 25.2 Å². The fourth-order valence-electron chi connectivity index (χ4n) is 0.880. The summed E-state index contributed by atoms with van der Waals surface area (Å²) >= 11 is 0. The van der Waals surface area contributed by atoms with E-state index in [9.17, 15) is 4.39 Å². The van der Waals surface area contributed by atoms with E-state index in [0.29, 0.717) is 6.61 Å². The summed E-state index contributed by atoms with van der Waals surface area (Å²) in [6, 6.07) is 0.136. The molecule has 1 aromatic rings. The van der Waals surface area contributed by atoms with Gasteiger partial charge in [-0.2, -0.15) is 4.39 Å². The van der Waals surface area contributed by atoms with Gasteiger partial charge >= 0.3 is 0 Å². The van der Waals surface area contributed by atoms with Crippen LogP contribution in [0.25, 0.3) is 0 Å². The van der Waals surface area contributed by atoms with Gasteiger partial charge in [0.15, 0.2) is 0 Å². The van der Waals surface area contributed by atoms with Crippen LogP contribution in [0.5, 0.6) is 0 Å². The predicted octanol–water partition coefficient (Wildman–Crippen LogP) is 1.23. The van der Waals surface area contributed by atoms with E-state index in [4.69, 9.17) is 4.74 Å². The summed E-state index contributed by atoms with van der Waals surface area (Å²) in [7, 11) is 1.61. The maximum atomic E-state index is 12.4. The van der Waals surface area contributed by atoms with E-state index < -0.39 is 5.95 Å². The quantitative estimate of drug-likeness (QED) is 0.661. The van der Waals surface area contributed by atoms with Crippen LogP contribution in [0.1, 0.15) is 13.0 Å². The van der Waals surface area contributed by atoms with Crippen molar-refractivity contribution in [3.05, 3.63) is 18.5 Å². The van der Waals surface area contributed by atoms with Gasteiger partial charge in [0.2, 0.25) is 5.95 Å². The Morgan fingerprint density at radius 2 is 2.55 bits per heavy atom. The molecule has 1 atom stereocenters. The van der Waals surface area contributed by atoms with Crippen molar-refractivity contribution in [3.8, 4) is 0 Å². The van der Waals surface area contributed by atoms with E-state index in [1.165, 1.54) is 12.5 Å². The first kappa shape index (κ1) is 8.20. The van der Waals surface area contributed by atoms with E-state index in [2.05, 4.69) is 4.98 Å². The molecule has 0 saturated heterocycles. The highest BCUT2D eigenvalue weighted by Crippen LogP contribution is 2.05. The Hall–Kier alpha value is -0.900. The van der Waals surface area contributed by atoms with Gasteiger partial charge in [0.25, 0.3) is 0 Å². The van der Waals surface area contributed by atoms with Gasteiger partial charge in [-0.1, -0.05) is 0 Å². The number of aromatic nitrogens is 2. The van der Waals surface area contributed by atoms with Crippen LogP contribution < -0.4 is 0 Å². The molecule has 0 amide bonds. The van der Waals surface area contributed by atoms with Crippen LogP contribution in [0.3, 0.4) is 0 Å². The Morgan fingerprint density at radius 3 is 3.00 bits per heavy atom. The first-order chi connectivity index (χ1) is 5.24. The summed E-state index contributed by atoms with van der Waals surface area (Å²) in [4.78, 5) is 3.46. The maximum Gasteiger partial charge on any atom is 0.230 e. The zero-order chi connectivity index (χ0) is 8.27. The first-order valence-electron chi connectivity index (χ1n) is 3.42. The first-order valence-corrected chi connectivity index (χ1v) is 3.42. The third-order valence-corrected chi connectivity index (χ3v) is 1.49. The van der Waals surface area contributed by atoms with Crippen LogP contribution in [0, 0.1) is 5.95 Å². The summed E-state index contributed by atoms with van der Waals surface area (Å²) in [5, 5.41) is 0. The van der Waals surface area contributed by atoms with Crippen LogP contribution in [-0.4, -0.2) is 23.3 Å². The lowest BCUT2D eigenvalue weighted by molar-refractivity contribution is 0.162. The molecule has 1 rings (SSSR count). The topological polar surface area (TPSA) is 27.1 Å². The Labute approximate surface area is 64.8 Å². The second-order valence-electron chi connectivity index (χ2n) is 2.45. The molecular formula is C7H11FN2O. The molecular weight excluding hydrogens is 147 g/mol. The number of hydrogen-bond acceptors (Lipinski definition) is 2. The average Bonchev–Trinajstić information content (AvgIpc) is 2.36. The van der Waals surface area contributed by atoms with Gasteiger partial charge in [-0.05, 0) is 6.92 Å². The Morgan fingerprint density at radius 1 is 1.82 bits per heavy atom. The van der Waals surface area contributed by atoms with Gasteiger partial charge in [-0.15, -0.1) is 0 Å². The van der Waals surface area contributed by atoms with E-state index in [0.717, 1.165) is 0 Å². The van der Waals surface area contributed by atoms with Crippen molar-refractivity contribution in [2.45, 2.75) is 13.0 Å². The van der Waals surface area contributed by atoms with Gasteiger partial charge < -0.3 is 9.30 Å². The maximum absolute atomic E-state index is 12.4. The lowest BCUT2D eigenvalue weighted by Gasteiger charge is -2.10. The van der Waals surface area contributed by atoms with Crippen molar-refractivity contribution in [2.24, 2.45) is 0 Å². The van der Waals surface area contributed by atoms with Gasteiger partial charge in [0.1, 0.15) is 0 Å². The molecule has 0 aliphatic rings. The van der Waals surface area contributed by atoms with E-state index in [1.807, 2.05) is 6.92 Å².